The highest BCUT2D eigenvalue weighted by Crippen LogP contribution is 2.37. The van der Waals surface area contributed by atoms with E-state index in [-0.39, 0.29) is 18.1 Å². The van der Waals surface area contributed by atoms with Crippen LogP contribution in [0.1, 0.15) is 43.7 Å². The standard InChI is InChI=1S/C18H22N2O2S/c1-12(22-11-13-8-9-13)18(21)20-10-4-6-15(20)17-19-14-5-2-3-7-16(14)23-17/h2-3,5,7,12-13,15H,4,6,8-11H2,1H3/t12-,15+/m1/s1. The van der Waals surface area contributed by atoms with E-state index in [0.29, 0.717) is 5.92 Å². The lowest BCUT2D eigenvalue weighted by Crippen LogP contribution is -2.38. The number of fused-ring (bicyclic) bond motifs is 1. The molecule has 1 aliphatic carbocycles. The third-order valence-electron chi connectivity index (χ3n) is 4.76. The molecule has 5 heteroatoms. The van der Waals surface area contributed by atoms with Crippen LogP contribution in [-0.4, -0.2) is 35.0 Å². The lowest BCUT2D eigenvalue weighted by atomic mass is 10.2. The maximum Gasteiger partial charge on any atom is 0.252 e. The number of carbonyl (C=O) groups is 1. The molecule has 2 fully saturated rings. The van der Waals surface area contributed by atoms with Gasteiger partial charge in [-0.1, -0.05) is 12.1 Å². The Morgan fingerprint density at radius 2 is 2.22 bits per heavy atom. The summed E-state index contributed by atoms with van der Waals surface area (Å²) in [6, 6.07) is 8.30. The summed E-state index contributed by atoms with van der Waals surface area (Å²) in [5, 5.41) is 1.06. The third kappa shape index (κ3) is 3.12. The van der Waals surface area contributed by atoms with Crippen LogP contribution in [0.4, 0.5) is 0 Å². The summed E-state index contributed by atoms with van der Waals surface area (Å²) in [4.78, 5) is 19.5. The number of ether oxygens (including phenoxy) is 1. The second-order valence-corrected chi connectivity index (χ2v) is 7.69. The number of hydrogen-bond acceptors (Lipinski definition) is 4. The average molecular weight is 330 g/mol. The normalized spacial score (nSPS) is 22.7. The van der Waals surface area contributed by atoms with E-state index in [1.54, 1.807) is 11.3 Å². The molecule has 122 valence electrons. The van der Waals surface area contributed by atoms with Crippen molar-refractivity contribution >= 4 is 27.5 Å². The van der Waals surface area contributed by atoms with E-state index in [9.17, 15) is 4.79 Å². The molecule has 2 aliphatic rings. The Hall–Kier alpha value is -1.46. The maximum atomic E-state index is 12.8. The fourth-order valence-electron chi connectivity index (χ4n) is 3.19. The van der Waals surface area contributed by atoms with E-state index in [4.69, 9.17) is 9.72 Å². The van der Waals surface area contributed by atoms with Crippen molar-refractivity contribution in [2.24, 2.45) is 5.92 Å². The van der Waals surface area contributed by atoms with E-state index < -0.39 is 0 Å². The Morgan fingerprint density at radius 3 is 3.00 bits per heavy atom. The van der Waals surface area contributed by atoms with Crippen molar-refractivity contribution in [3.63, 3.8) is 0 Å². The predicted octanol–water partition coefficient (Wildman–Crippen LogP) is 3.77. The van der Waals surface area contributed by atoms with Gasteiger partial charge in [-0.15, -0.1) is 11.3 Å². The summed E-state index contributed by atoms with van der Waals surface area (Å²) in [6.45, 7) is 3.43. The molecule has 0 radical (unpaired) electrons. The molecule has 0 N–H and O–H groups in total. The molecule has 4 nitrogen and oxygen atoms in total. The van der Waals surface area contributed by atoms with Gasteiger partial charge in [0.2, 0.25) is 0 Å². The number of para-hydroxylation sites is 1. The summed E-state index contributed by atoms with van der Waals surface area (Å²) in [6.07, 6.45) is 4.20. The van der Waals surface area contributed by atoms with Gasteiger partial charge >= 0.3 is 0 Å². The number of aromatic nitrogens is 1. The zero-order chi connectivity index (χ0) is 15.8. The highest BCUT2D eigenvalue weighted by Gasteiger charge is 2.35. The van der Waals surface area contributed by atoms with Gasteiger partial charge < -0.3 is 9.64 Å². The Morgan fingerprint density at radius 1 is 1.39 bits per heavy atom. The monoisotopic (exact) mass is 330 g/mol. The van der Waals surface area contributed by atoms with Gasteiger partial charge in [-0.05, 0) is 50.7 Å². The highest BCUT2D eigenvalue weighted by molar-refractivity contribution is 7.18. The van der Waals surface area contributed by atoms with Gasteiger partial charge in [-0.2, -0.15) is 0 Å². The average Bonchev–Trinajstić information content (AvgIpc) is 3.10. The van der Waals surface area contributed by atoms with Crippen LogP contribution in [0.5, 0.6) is 0 Å². The number of benzene rings is 1. The van der Waals surface area contributed by atoms with Gasteiger partial charge in [-0.3, -0.25) is 4.79 Å². The molecular weight excluding hydrogens is 308 g/mol. The Bertz CT molecular complexity index is 677. The molecule has 0 unspecified atom stereocenters. The lowest BCUT2D eigenvalue weighted by molar-refractivity contribution is -0.143. The summed E-state index contributed by atoms with van der Waals surface area (Å²) in [5.41, 5.74) is 1.03. The first kappa shape index (κ1) is 15.1. The van der Waals surface area contributed by atoms with Crippen molar-refractivity contribution in [2.75, 3.05) is 13.2 Å². The summed E-state index contributed by atoms with van der Waals surface area (Å²) in [7, 11) is 0. The zero-order valence-corrected chi connectivity index (χ0v) is 14.2. The molecule has 1 saturated heterocycles. The van der Waals surface area contributed by atoms with Crippen molar-refractivity contribution < 1.29 is 9.53 Å². The third-order valence-corrected chi connectivity index (χ3v) is 5.90. The van der Waals surface area contributed by atoms with Crippen LogP contribution in [0, 0.1) is 5.92 Å². The summed E-state index contributed by atoms with van der Waals surface area (Å²) in [5.74, 6) is 0.802. The quantitative estimate of drug-likeness (QED) is 0.838. The van der Waals surface area contributed by atoms with Gasteiger partial charge in [0.25, 0.3) is 5.91 Å². The van der Waals surface area contributed by atoms with E-state index in [1.165, 1.54) is 17.5 Å². The molecule has 1 saturated carbocycles. The van der Waals surface area contributed by atoms with E-state index in [1.807, 2.05) is 30.0 Å². The molecule has 4 rings (SSSR count). The smallest absolute Gasteiger partial charge is 0.252 e. The molecule has 2 aromatic rings. The topological polar surface area (TPSA) is 42.4 Å². The molecule has 0 spiro atoms. The fourth-order valence-corrected chi connectivity index (χ4v) is 4.30. The molecule has 1 amide bonds. The first-order valence-electron chi connectivity index (χ1n) is 8.50. The van der Waals surface area contributed by atoms with Crippen LogP contribution in [0.2, 0.25) is 0 Å². The highest BCUT2D eigenvalue weighted by atomic mass is 32.1. The van der Waals surface area contributed by atoms with Crippen molar-refractivity contribution in [3.05, 3.63) is 29.3 Å². The SMILES string of the molecule is C[C@@H](OCC1CC1)C(=O)N1CCC[C@H]1c1nc2ccccc2s1. The molecule has 23 heavy (non-hydrogen) atoms. The van der Waals surface area contributed by atoms with Gasteiger partial charge in [0.15, 0.2) is 0 Å². The maximum absolute atomic E-state index is 12.8. The number of hydrogen-bond donors (Lipinski definition) is 0. The van der Waals surface area contributed by atoms with Gasteiger partial charge in [0.05, 0.1) is 22.9 Å². The van der Waals surface area contributed by atoms with Gasteiger partial charge in [-0.25, -0.2) is 4.98 Å². The number of amides is 1. The summed E-state index contributed by atoms with van der Waals surface area (Å²) < 4.78 is 6.97. The van der Waals surface area contributed by atoms with E-state index in [0.717, 1.165) is 36.5 Å². The van der Waals surface area contributed by atoms with Crippen LogP contribution in [0.3, 0.4) is 0 Å². The van der Waals surface area contributed by atoms with Crippen molar-refractivity contribution in [1.82, 2.24) is 9.88 Å². The molecule has 2 atom stereocenters. The zero-order valence-electron chi connectivity index (χ0n) is 13.4. The minimum absolute atomic E-state index is 0.117. The Kier molecular flexibility index (Phi) is 4.07. The van der Waals surface area contributed by atoms with Gasteiger partial charge in [0.1, 0.15) is 11.1 Å². The Labute approximate surface area is 140 Å². The molecule has 0 bridgehead atoms. The van der Waals surface area contributed by atoms with Crippen LogP contribution >= 0.6 is 11.3 Å². The fraction of sp³-hybridized carbons (Fsp3) is 0.556. The van der Waals surface area contributed by atoms with Crippen LogP contribution in [-0.2, 0) is 9.53 Å². The first-order chi connectivity index (χ1) is 11.2. The number of likely N-dealkylation sites (tertiary alicyclic amines) is 1. The van der Waals surface area contributed by atoms with Crippen LogP contribution in [0.25, 0.3) is 10.2 Å². The number of nitrogens with zero attached hydrogens (tertiary/aromatic N) is 2. The second kappa shape index (κ2) is 6.21. The predicted molar refractivity (Wildman–Crippen MR) is 91.4 cm³/mol. The van der Waals surface area contributed by atoms with E-state index >= 15 is 0 Å². The first-order valence-corrected chi connectivity index (χ1v) is 9.31. The minimum atomic E-state index is -0.342. The van der Waals surface area contributed by atoms with Crippen LogP contribution < -0.4 is 0 Å². The molecule has 2 heterocycles. The molecule has 1 aromatic heterocycles. The second-order valence-electron chi connectivity index (χ2n) is 6.63. The number of rotatable bonds is 5. The number of thiazole rings is 1. The van der Waals surface area contributed by atoms with Gasteiger partial charge in [0, 0.05) is 6.54 Å². The van der Waals surface area contributed by atoms with Crippen molar-refractivity contribution in [1.29, 1.82) is 0 Å². The largest absolute Gasteiger partial charge is 0.368 e. The van der Waals surface area contributed by atoms with Crippen molar-refractivity contribution in [3.8, 4) is 0 Å². The molecular formula is C18H22N2O2S. The van der Waals surface area contributed by atoms with Crippen LogP contribution in [0.15, 0.2) is 24.3 Å². The lowest BCUT2D eigenvalue weighted by Gasteiger charge is -2.26. The van der Waals surface area contributed by atoms with E-state index in [2.05, 4.69) is 6.07 Å². The summed E-state index contributed by atoms with van der Waals surface area (Å²) >= 11 is 1.71. The van der Waals surface area contributed by atoms with Crippen molar-refractivity contribution in [2.45, 2.75) is 44.8 Å². The molecule has 1 aromatic carbocycles. The molecule has 1 aliphatic heterocycles. The Balaban J connectivity index is 1.49. The number of carbonyl (C=O) groups excluding carboxylic acids is 1. The minimum Gasteiger partial charge on any atom is -0.368 e.